The Bertz CT molecular complexity index is 1130. The summed E-state index contributed by atoms with van der Waals surface area (Å²) in [6, 6.07) is 2.82. The molecule has 0 radical (unpaired) electrons. The summed E-state index contributed by atoms with van der Waals surface area (Å²) in [7, 11) is 0. The number of halogens is 1. The molecule has 1 aliphatic heterocycles. The quantitative estimate of drug-likeness (QED) is 0.595. The predicted molar refractivity (Wildman–Crippen MR) is 131 cm³/mol. The molecule has 0 bridgehead atoms. The number of nitrogens with one attached hydrogen (secondary N) is 1. The van der Waals surface area contributed by atoms with Gasteiger partial charge in [0.25, 0.3) is 5.91 Å². The number of nitrogens with zero attached hydrogens (tertiary/aromatic N) is 3. The lowest BCUT2D eigenvalue weighted by molar-refractivity contribution is -0.127. The molecule has 180 valence electrons. The normalized spacial score (nSPS) is 18.4. The van der Waals surface area contributed by atoms with Crippen molar-refractivity contribution in [3.05, 3.63) is 47.9 Å². The zero-order valence-electron chi connectivity index (χ0n) is 19.2. The van der Waals surface area contributed by atoms with Crippen LogP contribution in [0.1, 0.15) is 42.1 Å². The Hall–Kier alpha value is -2.72. The average Bonchev–Trinajstić information content (AvgIpc) is 3.60. The van der Waals surface area contributed by atoms with Crippen molar-refractivity contribution in [3.63, 3.8) is 0 Å². The van der Waals surface area contributed by atoms with Crippen LogP contribution >= 0.6 is 23.1 Å². The molecule has 1 atom stereocenters. The summed E-state index contributed by atoms with van der Waals surface area (Å²) in [5.74, 6) is -0.688. The highest BCUT2D eigenvalue weighted by Gasteiger charge is 2.30. The van der Waals surface area contributed by atoms with Crippen LogP contribution in [0.15, 0.2) is 40.1 Å². The molecule has 34 heavy (non-hydrogen) atoms. The highest BCUT2D eigenvalue weighted by atomic mass is 32.2. The molecule has 3 amide bonds. The van der Waals surface area contributed by atoms with Crippen molar-refractivity contribution >= 4 is 46.0 Å². The number of aromatic nitrogens is 1. The first-order chi connectivity index (χ1) is 16.3. The zero-order valence-corrected chi connectivity index (χ0v) is 20.8. The van der Waals surface area contributed by atoms with E-state index in [1.165, 1.54) is 35.2 Å². The van der Waals surface area contributed by atoms with Gasteiger partial charge in [-0.2, -0.15) is 0 Å². The van der Waals surface area contributed by atoms with Gasteiger partial charge in [0.05, 0.1) is 10.4 Å². The first kappa shape index (κ1) is 24.4. The minimum atomic E-state index is -0.414. The van der Waals surface area contributed by atoms with Gasteiger partial charge in [0, 0.05) is 42.1 Å². The van der Waals surface area contributed by atoms with Crippen molar-refractivity contribution in [3.8, 4) is 0 Å². The van der Waals surface area contributed by atoms with Crippen molar-refractivity contribution in [1.29, 1.82) is 0 Å². The van der Waals surface area contributed by atoms with E-state index in [9.17, 15) is 18.8 Å². The van der Waals surface area contributed by atoms with Gasteiger partial charge in [0.1, 0.15) is 5.82 Å². The van der Waals surface area contributed by atoms with Crippen LogP contribution in [-0.2, 0) is 9.59 Å². The van der Waals surface area contributed by atoms with Crippen LogP contribution in [0.4, 0.5) is 9.52 Å². The highest BCUT2D eigenvalue weighted by Crippen LogP contribution is 2.37. The standard InChI is InChI=1S/C24H27FN4O3S2/c1-4-20(30)29-9-5-8-28(13-15(29)3)23(32)17-11-19(18(25)10-14(17)2)33-21-12-26-24(34-21)27-22(31)16-6-7-16/h4,10-12,15-16H,1,5-9,13H2,2-3H3,(H,26,27,31)/t15-/m1/s1. The minimum Gasteiger partial charge on any atom is -0.337 e. The Kier molecular flexibility index (Phi) is 7.37. The first-order valence-electron chi connectivity index (χ1n) is 11.2. The molecule has 0 unspecified atom stereocenters. The number of thiazole rings is 1. The third-order valence-corrected chi connectivity index (χ3v) is 8.02. The van der Waals surface area contributed by atoms with E-state index >= 15 is 0 Å². The van der Waals surface area contributed by atoms with E-state index in [0.29, 0.717) is 51.4 Å². The molecule has 2 aromatic rings. The molecule has 1 saturated carbocycles. The second-order valence-electron chi connectivity index (χ2n) is 8.64. The molecule has 1 N–H and O–H groups in total. The number of hydrogen-bond acceptors (Lipinski definition) is 6. The van der Waals surface area contributed by atoms with Crippen LogP contribution in [-0.4, -0.2) is 58.2 Å². The van der Waals surface area contributed by atoms with Gasteiger partial charge in [0.15, 0.2) is 5.13 Å². The van der Waals surface area contributed by atoms with Gasteiger partial charge in [-0.05, 0) is 56.9 Å². The molecule has 1 aromatic carbocycles. The molecule has 2 fully saturated rings. The van der Waals surface area contributed by atoms with E-state index < -0.39 is 5.82 Å². The lowest BCUT2D eigenvalue weighted by Gasteiger charge is -2.28. The average molecular weight is 503 g/mol. The summed E-state index contributed by atoms with van der Waals surface area (Å²) in [4.78, 5) is 45.4. The topological polar surface area (TPSA) is 82.6 Å². The summed E-state index contributed by atoms with van der Waals surface area (Å²) < 4.78 is 15.5. The highest BCUT2D eigenvalue weighted by molar-refractivity contribution is 8.01. The van der Waals surface area contributed by atoms with Crippen LogP contribution < -0.4 is 5.32 Å². The minimum absolute atomic E-state index is 0.0275. The van der Waals surface area contributed by atoms with Gasteiger partial charge >= 0.3 is 0 Å². The van der Waals surface area contributed by atoms with Gasteiger partial charge in [0.2, 0.25) is 11.8 Å². The maximum atomic E-state index is 14.8. The number of benzene rings is 1. The smallest absolute Gasteiger partial charge is 0.254 e. The van der Waals surface area contributed by atoms with Gasteiger partial charge in [-0.15, -0.1) is 0 Å². The van der Waals surface area contributed by atoms with E-state index in [1.54, 1.807) is 29.0 Å². The van der Waals surface area contributed by atoms with Crippen molar-refractivity contribution in [2.75, 3.05) is 25.0 Å². The molecule has 7 nitrogen and oxygen atoms in total. The third-order valence-electron chi connectivity index (χ3n) is 5.97. The van der Waals surface area contributed by atoms with Crippen LogP contribution in [0.2, 0.25) is 0 Å². The third kappa shape index (κ3) is 5.50. The van der Waals surface area contributed by atoms with Gasteiger partial charge in [-0.3, -0.25) is 14.4 Å². The number of rotatable bonds is 6. The summed E-state index contributed by atoms with van der Waals surface area (Å²) in [6.45, 7) is 8.67. The van der Waals surface area contributed by atoms with Crippen LogP contribution in [0.3, 0.4) is 0 Å². The Morgan fingerprint density at radius 1 is 1.29 bits per heavy atom. The second kappa shape index (κ2) is 10.3. The number of aryl methyl sites for hydroxylation is 1. The zero-order chi connectivity index (χ0) is 24.4. The number of carbonyl (C=O) groups is 3. The Labute approximate surface area is 206 Å². The van der Waals surface area contributed by atoms with E-state index in [4.69, 9.17) is 0 Å². The molecule has 1 aliphatic carbocycles. The maximum Gasteiger partial charge on any atom is 0.254 e. The monoisotopic (exact) mass is 502 g/mol. The molecule has 1 aromatic heterocycles. The summed E-state index contributed by atoms with van der Waals surface area (Å²) in [5.41, 5.74) is 0.996. The predicted octanol–water partition coefficient (Wildman–Crippen LogP) is 4.34. The van der Waals surface area contributed by atoms with Crippen molar-refractivity contribution in [2.24, 2.45) is 5.92 Å². The van der Waals surface area contributed by atoms with Gasteiger partial charge < -0.3 is 15.1 Å². The molecule has 0 spiro atoms. The number of anilines is 1. The molecule has 2 heterocycles. The number of amides is 3. The summed E-state index contributed by atoms with van der Waals surface area (Å²) in [5, 5.41) is 3.29. The Morgan fingerprint density at radius 3 is 2.76 bits per heavy atom. The fraction of sp³-hybridized carbons (Fsp3) is 0.417. The molecular weight excluding hydrogens is 475 g/mol. The first-order valence-corrected chi connectivity index (χ1v) is 12.9. The summed E-state index contributed by atoms with van der Waals surface area (Å²) >= 11 is 2.46. The maximum absolute atomic E-state index is 14.8. The van der Waals surface area contributed by atoms with E-state index in [-0.39, 0.29) is 29.7 Å². The molecule has 4 rings (SSSR count). The van der Waals surface area contributed by atoms with E-state index in [0.717, 1.165) is 12.8 Å². The lowest BCUT2D eigenvalue weighted by atomic mass is 10.1. The van der Waals surface area contributed by atoms with E-state index in [1.807, 2.05) is 6.92 Å². The largest absolute Gasteiger partial charge is 0.337 e. The Morgan fingerprint density at radius 2 is 2.06 bits per heavy atom. The number of carbonyl (C=O) groups excluding carboxylic acids is 3. The van der Waals surface area contributed by atoms with Crippen LogP contribution in [0, 0.1) is 18.7 Å². The van der Waals surface area contributed by atoms with Crippen molar-refractivity contribution in [1.82, 2.24) is 14.8 Å². The lowest BCUT2D eigenvalue weighted by Crippen LogP contribution is -2.43. The fourth-order valence-corrected chi connectivity index (χ4v) is 5.83. The molecular formula is C24H27FN4O3S2. The van der Waals surface area contributed by atoms with E-state index in [2.05, 4.69) is 16.9 Å². The van der Waals surface area contributed by atoms with Crippen LogP contribution in [0.5, 0.6) is 0 Å². The number of hydrogen-bond donors (Lipinski definition) is 1. The summed E-state index contributed by atoms with van der Waals surface area (Å²) in [6.07, 6.45) is 5.36. The SMILES string of the molecule is C=CC(=O)N1CCCN(C(=O)c2cc(Sc3cnc(NC(=O)C4CC4)s3)c(F)cc2C)C[C@H]1C. The van der Waals surface area contributed by atoms with Gasteiger partial charge in [-0.25, -0.2) is 9.37 Å². The molecule has 2 aliphatic rings. The fourth-order valence-electron chi connectivity index (χ4n) is 3.95. The van der Waals surface area contributed by atoms with Crippen LogP contribution in [0.25, 0.3) is 0 Å². The van der Waals surface area contributed by atoms with Crippen molar-refractivity contribution < 1.29 is 18.8 Å². The second-order valence-corrected chi connectivity index (χ2v) is 11.0. The van der Waals surface area contributed by atoms with Crippen molar-refractivity contribution in [2.45, 2.75) is 48.3 Å². The molecule has 1 saturated heterocycles. The Balaban J connectivity index is 1.49. The molecule has 10 heteroatoms. The van der Waals surface area contributed by atoms with Gasteiger partial charge in [-0.1, -0.05) is 29.7 Å².